The number of methoxy groups -OCH3 is 2. The normalized spacial score (nSPS) is 14.0. The molecule has 1 aliphatic rings. The Kier molecular flexibility index (Phi) is 5.75. The first-order valence-electron chi connectivity index (χ1n) is 8.53. The first-order chi connectivity index (χ1) is 13.0. The second kappa shape index (κ2) is 8.22. The molecule has 1 saturated heterocycles. The van der Waals surface area contributed by atoms with Gasteiger partial charge in [-0.25, -0.2) is 0 Å². The summed E-state index contributed by atoms with van der Waals surface area (Å²) in [5.74, 6) is 0.870. The zero-order valence-corrected chi connectivity index (χ0v) is 16.0. The summed E-state index contributed by atoms with van der Waals surface area (Å²) in [6, 6.07) is 8.55. The number of carbonyl (C=O) groups is 2. The van der Waals surface area contributed by atoms with Crippen LogP contribution in [0.4, 0.5) is 0 Å². The van der Waals surface area contributed by atoms with Crippen molar-refractivity contribution in [3.63, 3.8) is 0 Å². The van der Waals surface area contributed by atoms with Crippen LogP contribution in [0.1, 0.15) is 20.7 Å². The number of aromatic amines is 1. The second-order valence-corrected chi connectivity index (χ2v) is 6.48. The Hall–Kier alpha value is -2.87. The van der Waals surface area contributed by atoms with Gasteiger partial charge in [-0.2, -0.15) is 0 Å². The third-order valence-corrected chi connectivity index (χ3v) is 4.87. The number of aromatic nitrogens is 1. The summed E-state index contributed by atoms with van der Waals surface area (Å²) in [7, 11) is 3.08. The largest absolute Gasteiger partial charge is 0.493 e. The van der Waals surface area contributed by atoms with Gasteiger partial charge in [-0.1, -0.05) is 12.2 Å². The molecular formula is C19H21N3O4S. The fourth-order valence-corrected chi connectivity index (χ4v) is 3.25. The highest BCUT2D eigenvalue weighted by Gasteiger charge is 2.26. The molecular weight excluding hydrogens is 366 g/mol. The van der Waals surface area contributed by atoms with E-state index in [4.69, 9.17) is 21.7 Å². The minimum Gasteiger partial charge on any atom is -0.493 e. The number of nitrogens with zero attached hydrogens (tertiary/aromatic N) is 2. The third-order valence-electron chi connectivity index (χ3n) is 4.53. The highest BCUT2D eigenvalue weighted by molar-refractivity contribution is 7.71. The summed E-state index contributed by atoms with van der Waals surface area (Å²) in [6.45, 7) is 1.84. The van der Waals surface area contributed by atoms with Gasteiger partial charge in [0.15, 0.2) is 11.5 Å². The molecule has 2 amide bonds. The van der Waals surface area contributed by atoms with E-state index in [0.717, 1.165) is 0 Å². The van der Waals surface area contributed by atoms with E-state index in [9.17, 15) is 9.59 Å². The van der Waals surface area contributed by atoms with Crippen LogP contribution >= 0.6 is 12.2 Å². The molecule has 27 heavy (non-hydrogen) atoms. The fraction of sp³-hybridized carbons (Fsp3) is 0.316. The number of ether oxygens (including phenoxy) is 2. The summed E-state index contributed by atoms with van der Waals surface area (Å²) in [6.07, 6.45) is 1.69. The first-order valence-corrected chi connectivity index (χ1v) is 8.94. The summed E-state index contributed by atoms with van der Waals surface area (Å²) in [4.78, 5) is 31.7. The van der Waals surface area contributed by atoms with Gasteiger partial charge in [0.25, 0.3) is 11.8 Å². The van der Waals surface area contributed by atoms with Gasteiger partial charge in [0.1, 0.15) is 4.64 Å². The van der Waals surface area contributed by atoms with Crippen LogP contribution in [-0.2, 0) is 0 Å². The number of pyridine rings is 1. The van der Waals surface area contributed by atoms with Crippen molar-refractivity contribution >= 4 is 24.0 Å². The monoisotopic (exact) mass is 387 g/mol. The van der Waals surface area contributed by atoms with E-state index in [2.05, 4.69) is 4.98 Å². The zero-order chi connectivity index (χ0) is 19.4. The number of nitrogens with one attached hydrogen (secondary N) is 1. The molecule has 0 bridgehead atoms. The molecule has 0 aliphatic carbocycles. The van der Waals surface area contributed by atoms with E-state index in [0.29, 0.717) is 53.4 Å². The molecule has 3 rings (SSSR count). The van der Waals surface area contributed by atoms with Crippen LogP contribution in [0.2, 0.25) is 0 Å². The molecule has 0 unspecified atom stereocenters. The van der Waals surface area contributed by atoms with Crippen LogP contribution in [0, 0.1) is 4.64 Å². The van der Waals surface area contributed by atoms with E-state index >= 15 is 0 Å². The van der Waals surface area contributed by atoms with Crippen molar-refractivity contribution in [2.45, 2.75) is 0 Å². The lowest BCUT2D eigenvalue weighted by atomic mass is 10.1. The Bertz CT molecular complexity index is 904. The molecule has 1 fully saturated rings. The maximum atomic E-state index is 12.8. The van der Waals surface area contributed by atoms with Gasteiger partial charge in [-0.15, -0.1) is 0 Å². The summed E-state index contributed by atoms with van der Waals surface area (Å²) < 4.78 is 10.9. The van der Waals surface area contributed by atoms with Crippen LogP contribution < -0.4 is 9.47 Å². The van der Waals surface area contributed by atoms with Crippen LogP contribution in [-0.4, -0.2) is 67.0 Å². The molecule has 8 heteroatoms. The number of hydrogen-bond acceptors (Lipinski definition) is 5. The second-order valence-electron chi connectivity index (χ2n) is 6.07. The molecule has 2 heterocycles. The number of hydrogen-bond donors (Lipinski definition) is 1. The predicted octanol–water partition coefficient (Wildman–Crippen LogP) is 2.36. The lowest BCUT2D eigenvalue weighted by Crippen LogP contribution is -2.50. The van der Waals surface area contributed by atoms with Gasteiger partial charge in [0.2, 0.25) is 0 Å². The summed E-state index contributed by atoms with van der Waals surface area (Å²) in [5, 5.41) is 0. The van der Waals surface area contributed by atoms with E-state index in [1.807, 2.05) is 0 Å². The lowest BCUT2D eigenvalue weighted by Gasteiger charge is -2.34. The van der Waals surface area contributed by atoms with Crippen molar-refractivity contribution in [3.8, 4) is 11.5 Å². The van der Waals surface area contributed by atoms with Gasteiger partial charge in [0.05, 0.1) is 19.8 Å². The molecule has 1 aromatic carbocycles. The number of benzene rings is 1. The van der Waals surface area contributed by atoms with Crippen molar-refractivity contribution in [2.75, 3.05) is 40.4 Å². The molecule has 0 atom stereocenters. The van der Waals surface area contributed by atoms with Crippen molar-refractivity contribution in [1.29, 1.82) is 0 Å². The Balaban J connectivity index is 1.67. The molecule has 0 spiro atoms. The van der Waals surface area contributed by atoms with Gasteiger partial charge >= 0.3 is 0 Å². The highest BCUT2D eigenvalue weighted by atomic mass is 32.1. The molecule has 1 aliphatic heterocycles. The van der Waals surface area contributed by atoms with E-state index < -0.39 is 0 Å². The number of piperazine rings is 1. The molecule has 0 saturated carbocycles. The maximum Gasteiger partial charge on any atom is 0.256 e. The van der Waals surface area contributed by atoms with Gasteiger partial charge < -0.3 is 24.3 Å². The average Bonchev–Trinajstić information content (AvgIpc) is 2.72. The van der Waals surface area contributed by atoms with Gasteiger partial charge in [-0.3, -0.25) is 9.59 Å². The highest BCUT2D eigenvalue weighted by Crippen LogP contribution is 2.28. The fourth-order valence-electron chi connectivity index (χ4n) is 3.02. The summed E-state index contributed by atoms with van der Waals surface area (Å²) in [5.41, 5.74) is 1.00. The van der Waals surface area contributed by atoms with E-state index in [-0.39, 0.29) is 11.8 Å². The quantitative estimate of drug-likeness (QED) is 0.816. The van der Waals surface area contributed by atoms with Crippen molar-refractivity contribution in [2.24, 2.45) is 0 Å². The minimum atomic E-state index is -0.116. The van der Waals surface area contributed by atoms with Crippen LogP contribution in [0.25, 0.3) is 0 Å². The van der Waals surface area contributed by atoms with Crippen molar-refractivity contribution < 1.29 is 19.1 Å². The molecule has 0 radical (unpaired) electrons. The van der Waals surface area contributed by atoms with E-state index in [1.54, 1.807) is 53.4 Å². The molecule has 1 N–H and O–H groups in total. The number of rotatable bonds is 4. The number of amides is 2. The molecule has 2 aromatic rings. The Morgan fingerprint density at radius 3 is 2.19 bits per heavy atom. The molecule has 142 valence electrons. The predicted molar refractivity (Wildman–Crippen MR) is 103 cm³/mol. The van der Waals surface area contributed by atoms with Gasteiger partial charge in [-0.05, 0) is 30.3 Å². The Labute approximate surface area is 162 Å². The standard InChI is InChI=1S/C19H21N3O4S/c1-25-15-6-5-13(12-16(15)26-2)18(23)21-8-10-22(11-9-21)19(24)14-4-3-7-20-17(14)27/h3-7,12H,8-11H2,1-2H3,(H,20,27). The topological polar surface area (TPSA) is 74.9 Å². The minimum absolute atomic E-state index is 0.0972. The summed E-state index contributed by atoms with van der Waals surface area (Å²) >= 11 is 5.18. The van der Waals surface area contributed by atoms with Crippen LogP contribution in [0.3, 0.4) is 0 Å². The third kappa shape index (κ3) is 3.95. The number of H-pyrrole nitrogens is 1. The van der Waals surface area contributed by atoms with Crippen LogP contribution in [0.5, 0.6) is 11.5 Å². The smallest absolute Gasteiger partial charge is 0.256 e. The van der Waals surface area contributed by atoms with E-state index in [1.165, 1.54) is 7.11 Å². The average molecular weight is 387 g/mol. The number of carbonyl (C=O) groups excluding carboxylic acids is 2. The Morgan fingerprint density at radius 2 is 1.59 bits per heavy atom. The SMILES string of the molecule is COc1ccc(C(=O)N2CCN(C(=O)c3ccc[nH]c3=S)CC2)cc1OC. The lowest BCUT2D eigenvalue weighted by molar-refractivity contribution is 0.0534. The van der Waals surface area contributed by atoms with Crippen molar-refractivity contribution in [1.82, 2.24) is 14.8 Å². The molecule has 1 aromatic heterocycles. The Morgan fingerprint density at radius 1 is 0.963 bits per heavy atom. The van der Waals surface area contributed by atoms with Gasteiger partial charge in [0, 0.05) is 37.9 Å². The van der Waals surface area contributed by atoms with Crippen LogP contribution in [0.15, 0.2) is 36.5 Å². The maximum absolute atomic E-state index is 12.8. The molecule has 7 nitrogen and oxygen atoms in total. The first kappa shape index (κ1) is 18.9. The van der Waals surface area contributed by atoms with Crippen molar-refractivity contribution in [3.05, 3.63) is 52.3 Å². The zero-order valence-electron chi connectivity index (χ0n) is 15.2.